The predicted octanol–water partition coefficient (Wildman–Crippen LogP) is 1.31. The summed E-state index contributed by atoms with van der Waals surface area (Å²) in [4.78, 5) is 8.85. The van der Waals surface area contributed by atoms with Crippen LogP contribution in [0.25, 0.3) is 5.65 Å². The number of hydrogen-bond donors (Lipinski definition) is 0. The molecule has 66 valence electrons. The predicted molar refractivity (Wildman–Crippen MR) is 49.8 cm³/mol. The second-order valence-corrected chi connectivity index (χ2v) is 2.55. The van der Waals surface area contributed by atoms with Crippen LogP contribution in [0.5, 0.6) is 0 Å². The fourth-order valence-electron chi connectivity index (χ4n) is 1.12. The van der Waals surface area contributed by atoms with Crippen LogP contribution in [0, 0.1) is 0 Å². The van der Waals surface area contributed by atoms with Crippen LogP contribution >= 0.6 is 0 Å². The van der Waals surface area contributed by atoms with Gasteiger partial charge in [0, 0.05) is 12.4 Å². The van der Waals surface area contributed by atoms with Crippen molar-refractivity contribution in [1.82, 2.24) is 9.38 Å². The summed E-state index contributed by atoms with van der Waals surface area (Å²) in [6, 6.07) is 5.83. The number of oxime groups is 1. The topological polar surface area (TPSA) is 38.9 Å². The Bertz CT molecular complexity index is 400. The van der Waals surface area contributed by atoms with E-state index >= 15 is 0 Å². The fourth-order valence-corrected chi connectivity index (χ4v) is 1.12. The van der Waals surface area contributed by atoms with Crippen molar-refractivity contribution in [3.05, 3.63) is 36.3 Å². The molecule has 0 N–H and O–H groups in total. The van der Waals surface area contributed by atoms with Crippen molar-refractivity contribution in [3.63, 3.8) is 0 Å². The molecule has 0 aromatic carbocycles. The Labute approximate surface area is 75.5 Å². The first-order valence-corrected chi connectivity index (χ1v) is 3.90. The molecule has 4 nitrogen and oxygen atoms in total. The summed E-state index contributed by atoms with van der Waals surface area (Å²) in [7, 11) is 1.51. The zero-order chi connectivity index (χ0) is 9.10. The summed E-state index contributed by atoms with van der Waals surface area (Å²) in [6.07, 6.45) is 5.40. The molecule has 13 heavy (non-hydrogen) atoms. The monoisotopic (exact) mass is 175 g/mol. The highest BCUT2D eigenvalue weighted by molar-refractivity contribution is 5.77. The standard InChI is InChI=1S/C9H9N3O/c1-13-10-6-8-7-12-5-3-2-4-9(12)11-8/h2-7H,1H3/b10-6+. The molecule has 2 rings (SSSR count). The zero-order valence-electron chi connectivity index (χ0n) is 7.21. The number of rotatable bonds is 2. The van der Waals surface area contributed by atoms with E-state index in [4.69, 9.17) is 0 Å². The van der Waals surface area contributed by atoms with Crippen LogP contribution in [-0.4, -0.2) is 22.7 Å². The number of pyridine rings is 1. The molecule has 0 aliphatic rings. The molecule has 2 heterocycles. The molecule has 0 amide bonds. The molecule has 0 saturated carbocycles. The van der Waals surface area contributed by atoms with Gasteiger partial charge in [0.25, 0.3) is 0 Å². The van der Waals surface area contributed by atoms with Crippen molar-refractivity contribution in [1.29, 1.82) is 0 Å². The Morgan fingerprint density at radius 1 is 1.54 bits per heavy atom. The van der Waals surface area contributed by atoms with Gasteiger partial charge in [-0.05, 0) is 12.1 Å². The number of nitrogens with zero attached hydrogens (tertiary/aromatic N) is 3. The lowest BCUT2D eigenvalue weighted by molar-refractivity contribution is 0.215. The highest BCUT2D eigenvalue weighted by atomic mass is 16.6. The number of imidazole rings is 1. The van der Waals surface area contributed by atoms with Gasteiger partial charge in [0.1, 0.15) is 18.5 Å². The van der Waals surface area contributed by atoms with E-state index in [0.29, 0.717) is 0 Å². The second-order valence-electron chi connectivity index (χ2n) is 2.55. The maximum Gasteiger partial charge on any atom is 0.137 e. The Hall–Kier alpha value is -1.84. The minimum Gasteiger partial charge on any atom is -0.399 e. The number of fused-ring (bicyclic) bond motifs is 1. The van der Waals surface area contributed by atoms with E-state index in [1.54, 1.807) is 6.21 Å². The fraction of sp³-hybridized carbons (Fsp3) is 0.111. The minimum absolute atomic E-state index is 0.785. The van der Waals surface area contributed by atoms with E-state index in [1.165, 1.54) is 7.11 Å². The van der Waals surface area contributed by atoms with E-state index in [2.05, 4.69) is 15.0 Å². The van der Waals surface area contributed by atoms with Crippen molar-refractivity contribution < 1.29 is 4.84 Å². The van der Waals surface area contributed by atoms with Gasteiger partial charge in [-0.3, -0.25) is 0 Å². The van der Waals surface area contributed by atoms with Gasteiger partial charge in [-0.15, -0.1) is 0 Å². The molecule has 4 heteroatoms. The summed E-state index contributed by atoms with van der Waals surface area (Å²) < 4.78 is 1.93. The van der Waals surface area contributed by atoms with Gasteiger partial charge in [0.2, 0.25) is 0 Å². The Morgan fingerprint density at radius 3 is 3.23 bits per heavy atom. The number of aromatic nitrogens is 2. The summed E-state index contributed by atoms with van der Waals surface area (Å²) in [5.74, 6) is 0. The third-order valence-corrected chi connectivity index (χ3v) is 1.67. The van der Waals surface area contributed by atoms with E-state index in [1.807, 2.05) is 35.0 Å². The first-order chi connectivity index (χ1) is 6.40. The minimum atomic E-state index is 0.785. The first-order valence-electron chi connectivity index (χ1n) is 3.90. The Morgan fingerprint density at radius 2 is 2.46 bits per heavy atom. The lowest BCUT2D eigenvalue weighted by Gasteiger charge is -1.86. The van der Waals surface area contributed by atoms with Crippen LogP contribution in [-0.2, 0) is 4.84 Å². The third-order valence-electron chi connectivity index (χ3n) is 1.67. The van der Waals surface area contributed by atoms with Gasteiger partial charge in [-0.1, -0.05) is 11.2 Å². The number of hydrogen-bond acceptors (Lipinski definition) is 3. The maximum atomic E-state index is 4.56. The molecule has 0 atom stereocenters. The van der Waals surface area contributed by atoms with Crippen LogP contribution in [0.2, 0.25) is 0 Å². The van der Waals surface area contributed by atoms with E-state index in [9.17, 15) is 0 Å². The molecule has 2 aromatic rings. The van der Waals surface area contributed by atoms with E-state index in [-0.39, 0.29) is 0 Å². The smallest absolute Gasteiger partial charge is 0.137 e. The van der Waals surface area contributed by atoms with Crippen molar-refractivity contribution in [2.75, 3.05) is 7.11 Å². The SMILES string of the molecule is CO/N=C/c1cn2ccccc2n1. The largest absolute Gasteiger partial charge is 0.399 e. The van der Waals surface area contributed by atoms with Crippen LogP contribution < -0.4 is 0 Å². The summed E-state index contributed by atoms with van der Waals surface area (Å²) >= 11 is 0. The van der Waals surface area contributed by atoms with Crippen LogP contribution in [0.4, 0.5) is 0 Å². The van der Waals surface area contributed by atoms with Crippen LogP contribution in [0.15, 0.2) is 35.7 Å². The molecule has 0 unspecified atom stereocenters. The summed E-state index contributed by atoms with van der Waals surface area (Å²) in [5.41, 5.74) is 1.69. The molecule has 0 radical (unpaired) electrons. The van der Waals surface area contributed by atoms with Crippen molar-refractivity contribution in [3.8, 4) is 0 Å². The Balaban J connectivity index is 2.44. The lowest BCUT2D eigenvalue weighted by atomic mass is 10.5. The summed E-state index contributed by atoms with van der Waals surface area (Å²) in [5, 5.41) is 3.64. The van der Waals surface area contributed by atoms with Gasteiger partial charge in [-0.2, -0.15) is 0 Å². The molecule has 0 aliphatic carbocycles. The maximum absolute atomic E-state index is 4.56. The molecular formula is C9H9N3O. The molecule has 0 fully saturated rings. The molecule has 0 bridgehead atoms. The third kappa shape index (κ3) is 1.51. The Kier molecular flexibility index (Phi) is 1.96. The average Bonchev–Trinajstić information content (AvgIpc) is 2.57. The normalized spacial score (nSPS) is 11.2. The molecule has 2 aromatic heterocycles. The van der Waals surface area contributed by atoms with Gasteiger partial charge >= 0.3 is 0 Å². The summed E-state index contributed by atoms with van der Waals surface area (Å²) in [6.45, 7) is 0. The zero-order valence-corrected chi connectivity index (χ0v) is 7.21. The first kappa shape index (κ1) is 7.79. The van der Waals surface area contributed by atoms with Crippen molar-refractivity contribution in [2.45, 2.75) is 0 Å². The molecule has 0 saturated heterocycles. The quantitative estimate of drug-likeness (QED) is 0.510. The van der Waals surface area contributed by atoms with Crippen LogP contribution in [0.3, 0.4) is 0 Å². The van der Waals surface area contributed by atoms with Crippen molar-refractivity contribution >= 4 is 11.9 Å². The highest BCUT2D eigenvalue weighted by Crippen LogP contribution is 2.02. The van der Waals surface area contributed by atoms with Crippen LogP contribution in [0.1, 0.15) is 5.69 Å². The van der Waals surface area contributed by atoms with E-state index < -0.39 is 0 Å². The molecule has 0 aliphatic heterocycles. The van der Waals surface area contributed by atoms with Gasteiger partial charge in [0.05, 0.1) is 6.21 Å². The second kappa shape index (κ2) is 3.26. The average molecular weight is 175 g/mol. The van der Waals surface area contributed by atoms with Gasteiger partial charge in [0.15, 0.2) is 0 Å². The van der Waals surface area contributed by atoms with Crippen molar-refractivity contribution in [2.24, 2.45) is 5.16 Å². The lowest BCUT2D eigenvalue weighted by Crippen LogP contribution is -1.79. The van der Waals surface area contributed by atoms with Gasteiger partial charge < -0.3 is 9.24 Å². The molecule has 0 spiro atoms. The highest BCUT2D eigenvalue weighted by Gasteiger charge is 1.96. The molecular weight excluding hydrogens is 166 g/mol. The van der Waals surface area contributed by atoms with Gasteiger partial charge in [-0.25, -0.2) is 4.98 Å². The van der Waals surface area contributed by atoms with E-state index in [0.717, 1.165) is 11.3 Å².